The average molecular weight is 345 g/mol. The Kier molecular flexibility index (Phi) is 6.44. The largest absolute Gasteiger partial charge is 0.290 e. The molecular weight excluding hydrogens is 318 g/mol. The molecule has 0 radical (unpaired) electrons. The monoisotopic (exact) mass is 345 g/mol. The van der Waals surface area contributed by atoms with Gasteiger partial charge in [-0.3, -0.25) is 9.38 Å². The van der Waals surface area contributed by atoms with E-state index in [-0.39, 0.29) is 0 Å². The third-order valence-electron chi connectivity index (χ3n) is 4.89. The molecule has 3 heteroatoms. The number of rotatable bonds is 3. The molecule has 0 aliphatic heterocycles. The van der Waals surface area contributed by atoms with Crippen LogP contribution in [0.2, 0.25) is 0 Å². The fourth-order valence-electron chi connectivity index (χ4n) is 3.37. The van der Waals surface area contributed by atoms with Gasteiger partial charge in [0.05, 0.1) is 18.1 Å². The van der Waals surface area contributed by atoms with Gasteiger partial charge in [0.15, 0.2) is 5.65 Å². The van der Waals surface area contributed by atoms with E-state index in [1.54, 1.807) is 6.20 Å². The maximum atomic E-state index is 4.51. The normalized spacial score (nSPS) is 16.9. The summed E-state index contributed by atoms with van der Waals surface area (Å²) in [6.07, 6.45) is 22.6. The summed E-state index contributed by atoms with van der Waals surface area (Å²) in [4.78, 5) is 8.96. The molecule has 1 fully saturated rings. The Morgan fingerprint density at radius 3 is 2.65 bits per heavy atom. The van der Waals surface area contributed by atoms with E-state index in [9.17, 15) is 0 Å². The SMILES string of the molecule is C=C/C(=C\C=C/C)c1cn2c(C#CC3CCCCCCC3)cnc2cn1. The highest BCUT2D eigenvalue weighted by molar-refractivity contribution is 5.72. The first kappa shape index (κ1) is 18.2. The van der Waals surface area contributed by atoms with Gasteiger partial charge in [-0.05, 0) is 25.7 Å². The standard InChI is InChI=1S/C23H27N3/c1-3-5-13-20(4-2)22-18-26-21(16-25-23(26)17-24-22)15-14-19-11-9-7-6-8-10-12-19/h3-5,13,16-19H,2,6-12H2,1H3/b5-3-,20-13+. The van der Waals surface area contributed by atoms with Crippen LogP contribution in [0.5, 0.6) is 0 Å². The Bertz CT molecular complexity index is 866. The van der Waals surface area contributed by atoms with E-state index in [2.05, 4.69) is 28.4 Å². The Morgan fingerprint density at radius 2 is 1.92 bits per heavy atom. The molecule has 2 aromatic heterocycles. The molecule has 0 amide bonds. The first-order valence-corrected chi connectivity index (χ1v) is 9.62. The van der Waals surface area contributed by atoms with E-state index in [0.29, 0.717) is 5.92 Å². The number of fused-ring (bicyclic) bond motifs is 1. The summed E-state index contributed by atoms with van der Waals surface area (Å²) in [7, 11) is 0. The highest BCUT2D eigenvalue weighted by Crippen LogP contribution is 2.22. The molecule has 1 saturated carbocycles. The lowest BCUT2D eigenvalue weighted by molar-refractivity contribution is 0.444. The molecule has 0 saturated heterocycles. The first-order valence-electron chi connectivity index (χ1n) is 9.62. The Morgan fingerprint density at radius 1 is 1.15 bits per heavy atom. The summed E-state index contributed by atoms with van der Waals surface area (Å²) in [5.74, 6) is 7.39. The van der Waals surface area contributed by atoms with Crippen LogP contribution in [0.3, 0.4) is 0 Å². The zero-order valence-electron chi connectivity index (χ0n) is 15.6. The molecule has 3 nitrogen and oxygen atoms in total. The molecule has 2 heterocycles. The summed E-state index contributed by atoms with van der Waals surface area (Å²) in [6.45, 7) is 5.89. The van der Waals surface area contributed by atoms with Crippen molar-refractivity contribution in [1.82, 2.24) is 14.4 Å². The summed E-state index contributed by atoms with van der Waals surface area (Å²) in [5, 5.41) is 0. The molecule has 3 rings (SSSR count). The van der Waals surface area contributed by atoms with Crippen molar-refractivity contribution in [1.29, 1.82) is 0 Å². The van der Waals surface area contributed by atoms with Gasteiger partial charge in [-0.2, -0.15) is 0 Å². The second-order valence-corrected chi connectivity index (χ2v) is 6.81. The highest BCUT2D eigenvalue weighted by Gasteiger charge is 2.09. The van der Waals surface area contributed by atoms with Crippen LogP contribution in [-0.2, 0) is 0 Å². The Labute approximate surface area is 156 Å². The lowest BCUT2D eigenvalue weighted by atomic mass is 9.91. The molecule has 134 valence electrons. The topological polar surface area (TPSA) is 30.2 Å². The van der Waals surface area contributed by atoms with Crippen LogP contribution in [0, 0.1) is 17.8 Å². The van der Waals surface area contributed by atoms with E-state index < -0.39 is 0 Å². The van der Waals surface area contributed by atoms with Crippen molar-refractivity contribution in [2.75, 3.05) is 0 Å². The van der Waals surface area contributed by atoms with Crippen LogP contribution in [0.15, 0.2) is 49.5 Å². The molecule has 0 aromatic carbocycles. The number of hydrogen-bond acceptors (Lipinski definition) is 2. The van der Waals surface area contributed by atoms with Crippen molar-refractivity contribution >= 4 is 11.2 Å². The van der Waals surface area contributed by atoms with E-state index in [0.717, 1.165) is 22.6 Å². The fraction of sp³-hybridized carbons (Fsp3) is 0.391. The first-order chi connectivity index (χ1) is 12.8. The van der Waals surface area contributed by atoms with Gasteiger partial charge in [0.2, 0.25) is 0 Å². The van der Waals surface area contributed by atoms with Gasteiger partial charge in [-0.1, -0.05) is 68.9 Å². The molecular formula is C23H27N3. The van der Waals surface area contributed by atoms with Crippen molar-refractivity contribution in [3.63, 3.8) is 0 Å². The second-order valence-electron chi connectivity index (χ2n) is 6.81. The number of nitrogens with zero attached hydrogens (tertiary/aromatic N) is 3. The van der Waals surface area contributed by atoms with Gasteiger partial charge >= 0.3 is 0 Å². The van der Waals surface area contributed by atoms with E-state index in [4.69, 9.17) is 0 Å². The number of aromatic nitrogens is 3. The van der Waals surface area contributed by atoms with Crippen LogP contribution >= 0.6 is 0 Å². The van der Waals surface area contributed by atoms with Crippen LogP contribution in [0.4, 0.5) is 0 Å². The molecule has 0 bridgehead atoms. The van der Waals surface area contributed by atoms with Crippen molar-refractivity contribution in [2.24, 2.45) is 5.92 Å². The third-order valence-corrected chi connectivity index (χ3v) is 4.89. The Balaban J connectivity index is 1.89. The number of hydrogen-bond donors (Lipinski definition) is 0. The van der Waals surface area contributed by atoms with Crippen LogP contribution in [0.25, 0.3) is 11.2 Å². The third kappa shape index (κ3) is 4.52. The van der Waals surface area contributed by atoms with E-state index in [1.807, 2.05) is 48.0 Å². The smallest absolute Gasteiger partial charge is 0.156 e. The van der Waals surface area contributed by atoms with Crippen molar-refractivity contribution in [3.8, 4) is 11.8 Å². The molecule has 1 aliphatic rings. The van der Waals surface area contributed by atoms with Gasteiger partial charge in [-0.15, -0.1) is 0 Å². The summed E-state index contributed by atoms with van der Waals surface area (Å²) < 4.78 is 2.03. The summed E-state index contributed by atoms with van der Waals surface area (Å²) in [6, 6.07) is 0. The number of imidazole rings is 1. The number of allylic oxidation sites excluding steroid dienone is 5. The quantitative estimate of drug-likeness (QED) is 0.536. The summed E-state index contributed by atoms with van der Waals surface area (Å²) >= 11 is 0. The maximum Gasteiger partial charge on any atom is 0.156 e. The minimum atomic E-state index is 0.514. The minimum Gasteiger partial charge on any atom is -0.290 e. The maximum absolute atomic E-state index is 4.51. The highest BCUT2D eigenvalue weighted by atomic mass is 15.0. The second kappa shape index (κ2) is 9.20. The molecule has 0 atom stereocenters. The van der Waals surface area contributed by atoms with Gasteiger partial charge in [0.25, 0.3) is 0 Å². The van der Waals surface area contributed by atoms with Crippen molar-refractivity contribution in [2.45, 2.75) is 51.9 Å². The predicted molar refractivity (Wildman–Crippen MR) is 109 cm³/mol. The fourth-order valence-corrected chi connectivity index (χ4v) is 3.37. The molecule has 1 aliphatic carbocycles. The van der Waals surface area contributed by atoms with Crippen molar-refractivity contribution in [3.05, 3.63) is 60.9 Å². The average Bonchev–Trinajstić information content (AvgIpc) is 3.04. The zero-order valence-corrected chi connectivity index (χ0v) is 15.6. The van der Waals surface area contributed by atoms with Crippen LogP contribution < -0.4 is 0 Å². The molecule has 0 N–H and O–H groups in total. The van der Waals surface area contributed by atoms with Gasteiger partial charge < -0.3 is 0 Å². The van der Waals surface area contributed by atoms with E-state index >= 15 is 0 Å². The van der Waals surface area contributed by atoms with Crippen LogP contribution in [0.1, 0.15) is 63.3 Å². The zero-order chi connectivity index (χ0) is 18.2. The van der Waals surface area contributed by atoms with Crippen molar-refractivity contribution < 1.29 is 0 Å². The van der Waals surface area contributed by atoms with Gasteiger partial charge in [0, 0.05) is 17.7 Å². The van der Waals surface area contributed by atoms with E-state index in [1.165, 1.54) is 44.9 Å². The molecule has 2 aromatic rings. The molecule has 0 unspecified atom stereocenters. The molecule has 0 spiro atoms. The lowest BCUT2D eigenvalue weighted by Gasteiger charge is -2.13. The van der Waals surface area contributed by atoms with Gasteiger partial charge in [0.1, 0.15) is 5.69 Å². The molecule has 26 heavy (non-hydrogen) atoms. The predicted octanol–water partition coefficient (Wildman–Crippen LogP) is 5.59. The Hall–Kier alpha value is -2.60. The lowest BCUT2D eigenvalue weighted by Crippen LogP contribution is -2.01. The summed E-state index contributed by atoms with van der Waals surface area (Å²) in [5.41, 5.74) is 3.61. The van der Waals surface area contributed by atoms with Gasteiger partial charge in [-0.25, -0.2) is 4.98 Å². The minimum absolute atomic E-state index is 0.514. The van der Waals surface area contributed by atoms with Crippen LogP contribution in [-0.4, -0.2) is 14.4 Å².